The van der Waals surface area contributed by atoms with Gasteiger partial charge >= 0.3 is 5.97 Å². The van der Waals surface area contributed by atoms with Crippen LogP contribution in [-0.2, 0) is 11.3 Å². The third-order valence-electron chi connectivity index (χ3n) is 2.60. The first-order valence-corrected chi connectivity index (χ1v) is 6.74. The Bertz CT molecular complexity index is 377. The monoisotopic (exact) mass is 257 g/mol. The highest BCUT2D eigenvalue weighted by Gasteiger charge is 2.14. The molecule has 0 aliphatic carbocycles. The Kier molecular flexibility index (Phi) is 4.38. The van der Waals surface area contributed by atoms with E-state index in [1.165, 1.54) is 10.9 Å². The Morgan fingerprint density at radius 3 is 3.00 bits per heavy atom. The zero-order chi connectivity index (χ0) is 12.1. The number of carboxylic acid groups (broad SMARTS) is 1. The van der Waals surface area contributed by atoms with E-state index in [2.05, 4.69) is 10.3 Å². The summed E-state index contributed by atoms with van der Waals surface area (Å²) in [5.41, 5.74) is -0.0286. The predicted molar refractivity (Wildman–Crippen MR) is 63.3 cm³/mol. The van der Waals surface area contributed by atoms with Crippen molar-refractivity contribution in [2.75, 3.05) is 18.1 Å². The number of rotatable bonds is 5. The standard InChI is InChI=1S/C10H15N3O3S/c14-10(15)9-7-13(12-11-9)3-4-16-8-1-5-17-6-2-8/h7-8H,1-6H2,(H,14,15). The number of hydrogen-bond donors (Lipinski definition) is 1. The molecule has 1 saturated heterocycles. The van der Waals surface area contributed by atoms with E-state index in [1.54, 1.807) is 0 Å². The highest BCUT2D eigenvalue weighted by molar-refractivity contribution is 7.99. The number of thioether (sulfide) groups is 1. The maximum Gasteiger partial charge on any atom is 0.358 e. The molecule has 94 valence electrons. The average molecular weight is 257 g/mol. The SMILES string of the molecule is O=C(O)c1cn(CCOC2CCSCC2)nn1. The van der Waals surface area contributed by atoms with E-state index in [0.29, 0.717) is 19.3 Å². The lowest BCUT2D eigenvalue weighted by Crippen LogP contribution is -2.21. The van der Waals surface area contributed by atoms with Crippen LogP contribution in [0.1, 0.15) is 23.3 Å². The minimum atomic E-state index is -1.05. The summed E-state index contributed by atoms with van der Waals surface area (Å²) in [5.74, 6) is 1.27. The smallest absolute Gasteiger partial charge is 0.358 e. The van der Waals surface area contributed by atoms with E-state index in [9.17, 15) is 4.79 Å². The molecule has 0 aromatic carbocycles. The first kappa shape index (κ1) is 12.4. The Labute approximate surface area is 103 Å². The van der Waals surface area contributed by atoms with Crippen LogP contribution in [0.5, 0.6) is 0 Å². The minimum absolute atomic E-state index is 0.0286. The van der Waals surface area contributed by atoms with Crippen molar-refractivity contribution in [3.8, 4) is 0 Å². The molecule has 1 aromatic rings. The zero-order valence-corrected chi connectivity index (χ0v) is 10.2. The van der Waals surface area contributed by atoms with E-state index in [-0.39, 0.29) is 5.69 Å². The van der Waals surface area contributed by atoms with Gasteiger partial charge in [-0.05, 0) is 24.3 Å². The fourth-order valence-electron chi connectivity index (χ4n) is 1.66. The second-order valence-electron chi connectivity index (χ2n) is 3.85. The number of carbonyl (C=O) groups is 1. The molecule has 0 amide bonds. The quantitative estimate of drug-likeness (QED) is 0.844. The molecule has 2 rings (SSSR count). The van der Waals surface area contributed by atoms with Crippen LogP contribution in [0.25, 0.3) is 0 Å². The number of aromatic nitrogens is 3. The molecule has 0 atom stereocenters. The van der Waals surface area contributed by atoms with Gasteiger partial charge in [0.2, 0.25) is 0 Å². The lowest BCUT2D eigenvalue weighted by Gasteiger charge is -2.21. The second kappa shape index (κ2) is 6.02. The van der Waals surface area contributed by atoms with Gasteiger partial charge in [-0.15, -0.1) is 5.10 Å². The maximum absolute atomic E-state index is 10.6. The second-order valence-corrected chi connectivity index (χ2v) is 5.08. The van der Waals surface area contributed by atoms with Crippen molar-refractivity contribution in [1.82, 2.24) is 15.0 Å². The van der Waals surface area contributed by atoms with Crippen LogP contribution in [0.2, 0.25) is 0 Å². The molecule has 0 bridgehead atoms. The molecule has 1 aromatic heterocycles. The fraction of sp³-hybridized carbons (Fsp3) is 0.700. The molecule has 0 spiro atoms. The summed E-state index contributed by atoms with van der Waals surface area (Å²) in [6.45, 7) is 1.10. The van der Waals surface area contributed by atoms with Gasteiger partial charge in [0.25, 0.3) is 0 Å². The molecule has 6 nitrogen and oxygen atoms in total. The number of hydrogen-bond acceptors (Lipinski definition) is 5. The normalized spacial score (nSPS) is 17.2. The van der Waals surface area contributed by atoms with Gasteiger partial charge in [-0.3, -0.25) is 0 Å². The predicted octanol–water partition coefficient (Wildman–Crippen LogP) is 0.888. The van der Waals surface area contributed by atoms with Crippen molar-refractivity contribution in [3.63, 3.8) is 0 Å². The zero-order valence-electron chi connectivity index (χ0n) is 9.41. The Morgan fingerprint density at radius 2 is 2.35 bits per heavy atom. The number of ether oxygens (including phenoxy) is 1. The van der Waals surface area contributed by atoms with Crippen LogP contribution < -0.4 is 0 Å². The van der Waals surface area contributed by atoms with Crippen molar-refractivity contribution in [2.45, 2.75) is 25.5 Å². The third kappa shape index (κ3) is 3.71. The van der Waals surface area contributed by atoms with Crippen LogP contribution in [0.15, 0.2) is 6.20 Å². The number of nitrogens with zero attached hydrogens (tertiary/aromatic N) is 3. The number of carboxylic acids is 1. The molecule has 17 heavy (non-hydrogen) atoms. The molecular formula is C10H15N3O3S. The number of aromatic carboxylic acids is 1. The summed E-state index contributed by atoms with van der Waals surface area (Å²) in [4.78, 5) is 10.6. The molecular weight excluding hydrogens is 242 g/mol. The van der Waals surface area contributed by atoms with Crippen LogP contribution >= 0.6 is 11.8 Å². The van der Waals surface area contributed by atoms with Gasteiger partial charge in [-0.2, -0.15) is 11.8 Å². The van der Waals surface area contributed by atoms with E-state index in [4.69, 9.17) is 9.84 Å². The van der Waals surface area contributed by atoms with E-state index >= 15 is 0 Å². The summed E-state index contributed by atoms with van der Waals surface area (Å²) in [6, 6.07) is 0. The largest absolute Gasteiger partial charge is 0.476 e. The van der Waals surface area contributed by atoms with Gasteiger partial charge in [0, 0.05) is 0 Å². The molecule has 2 heterocycles. The third-order valence-corrected chi connectivity index (χ3v) is 3.65. The highest BCUT2D eigenvalue weighted by atomic mass is 32.2. The van der Waals surface area contributed by atoms with Gasteiger partial charge in [0.1, 0.15) is 0 Å². The molecule has 1 fully saturated rings. The fourth-order valence-corrected chi connectivity index (χ4v) is 2.72. The van der Waals surface area contributed by atoms with Crippen molar-refractivity contribution in [3.05, 3.63) is 11.9 Å². The molecule has 0 unspecified atom stereocenters. The van der Waals surface area contributed by atoms with E-state index in [1.807, 2.05) is 11.8 Å². The highest BCUT2D eigenvalue weighted by Crippen LogP contribution is 2.19. The van der Waals surface area contributed by atoms with Crippen molar-refractivity contribution in [1.29, 1.82) is 0 Å². The average Bonchev–Trinajstić information content (AvgIpc) is 2.79. The summed E-state index contributed by atoms with van der Waals surface area (Å²) >= 11 is 1.96. The Balaban J connectivity index is 1.71. The summed E-state index contributed by atoms with van der Waals surface area (Å²) < 4.78 is 7.21. The topological polar surface area (TPSA) is 77.2 Å². The van der Waals surface area contributed by atoms with Crippen molar-refractivity contribution in [2.24, 2.45) is 0 Å². The van der Waals surface area contributed by atoms with E-state index in [0.717, 1.165) is 24.3 Å². The van der Waals surface area contributed by atoms with Crippen LogP contribution in [0, 0.1) is 0 Å². The van der Waals surface area contributed by atoms with Crippen molar-refractivity contribution >= 4 is 17.7 Å². The molecule has 0 radical (unpaired) electrons. The lowest BCUT2D eigenvalue weighted by molar-refractivity contribution is 0.0413. The first-order valence-electron chi connectivity index (χ1n) is 5.58. The molecule has 1 N–H and O–H groups in total. The van der Waals surface area contributed by atoms with Gasteiger partial charge < -0.3 is 9.84 Å². The Hall–Kier alpha value is -1.08. The van der Waals surface area contributed by atoms with Gasteiger partial charge in [0.15, 0.2) is 5.69 Å². The molecule has 1 aliphatic heterocycles. The summed E-state index contributed by atoms with van der Waals surface area (Å²) in [6.07, 6.45) is 3.96. The summed E-state index contributed by atoms with van der Waals surface area (Å²) in [7, 11) is 0. The van der Waals surface area contributed by atoms with Crippen LogP contribution in [0.3, 0.4) is 0 Å². The van der Waals surface area contributed by atoms with E-state index < -0.39 is 5.97 Å². The molecule has 0 saturated carbocycles. The first-order chi connectivity index (χ1) is 8.25. The Morgan fingerprint density at radius 1 is 1.59 bits per heavy atom. The maximum atomic E-state index is 10.6. The molecule has 7 heteroatoms. The lowest BCUT2D eigenvalue weighted by atomic mass is 10.2. The molecule has 1 aliphatic rings. The van der Waals surface area contributed by atoms with Crippen LogP contribution in [-0.4, -0.2) is 50.3 Å². The van der Waals surface area contributed by atoms with Gasteiger partial charge in [-0.25, -0.2) is 9.48 Å². The van der Waals surface area contributed by atoms with Gasteiger partial charge in [0.05, 0.1) is 25.5 Å². The summed E-state index contributed by atoms with van der Waals surface area (Å²) in [5, 5.41) is 15.9. The van der Waals surface area contributed by atoms with Crippen molar-refractivity contribution < 1.29 is 14.6 Å². The van der Waals surface area contributed by atoms with Crippen LogP contribution in [0.4, 0.5) is 0 Å². The minimum Gasteiger partial charge on any atom is -0.476 e. The van der Waals surface area contributed by atoms with Gasteiger partial charge in [-0.1, -0.05) is 5.21 Å².